The smallest absolute Gasteiger partial charge is 0.255 e. The minimum atomic E-state index is -0.0919. The van der Waals surface area contributed by atoms with Gasteiger partial charge in [0.1, 0.15) is 5.76 Å². The zero-order valence-electron chi connectivity index (χ0n) is 17.5. The van der Waals surface area contributed by atoms with Gasteiger partial charge < -0.3 is 19.6 Å². The number of fused-ring (bicyclic) bond motifs is 2. The van der Waals surface area contributed by atoms with Crippen molar-refractivity contribution in [3.05, 3.63) is 70.2 Å². The zero-order valence-corrected chi connectivity index (χ0v) is 17.5. The molecule has 8 nitrogen and oxygen atoms in total. The Balaban J connectivity index is 1.44. The van der Waals surface area contributed by atoms with Gasteiger partial charge in [0.2, 0.25) is 5.91 Å². The summed E-state index contributed by atoms with van der Waals surface area (Å²) in [6, 6.07) is 9.96. The molecular weight excluding hydrogens is 394 g/mol. The Kier molecular flexibility index (Phi) is 4.69. The quantitative estimate of drug-likeness (QED) is 0.705. The first-order chi connectivity index (χ1) is 15.0. The highest BCUT2D eigenvalue weighted by Gasteiger charge is 2.29. The molecule has 1 aromatic carbocycles. The van der Waals surface area contributed by atoms with Crippen molar-refractivity contribution in [3.8, 4) is 0 Å². The Morgan fingerprint density at radius 1 is 1.23 bits per heavy atom. The summed E-state index contributed by atoms with van der Waals surface area (Å²) in [5, 5.41) is 7.03. The highest BCUT2D eigenvalue weighted by atomic mass is 16.5. The predicted octanol–water partition coefficient (Wildman–Crippen LogP) is 2.84. The summed E-state index contributed by atoms with van der Waals surface area (Å²) in [5.41, 5.74) is 5.14. The molecule has 0 aliphatic carbocycles. The van der Waals surface area contributed by atoms with Gasteiger partial charge in [-0.15, -0.1) is 0 Å². The van der Waals surface area contributed by atoms with Gasteiger partial charge in [0.25, 0.3) is 5.91 Å². The Labute approximate surface area is 179 Å². The largest absolute Gasteiger partial charge is 0.361 e. The van der Waals surface area contributed by atoms with Gasteiger partial charge in [0.05, 0.1) is 30.0 Å². The summed E-state index contributed by atoms with van der Waals surface area (Å²) in [6.07, 6.45) is 2.41. The fraction of sp³-hybridized carbons (Fsp3) is 0.304. The first-order valence-electron chi connectivity index (χ1n) is 10.3. The van der Waals surface area contributed by atoms with Crippen LogP contribution in [0.5, 0.6) is 0 Å². The van der Waals surface area contributed by atoms with Gasteiger partial charge in [-0.3, -0.25) is 9.59 Å². The number of carbonyl (C=O) groups excluding carboxylic acids is 2. The van der Waals surface area contributed by atoms with Crippen LogP contribution in [0, 0.1) is 13.8 Å². The molecule has 0 saturated heterocycles. The van der Waals surface area contributed by atoms with Gasteiger partial charge in [-0.1, -0.05) is 29.4 Å². The molecule has 1 N–H and O–H groups in total. The van der Waals surface area contributed by atoms with Crippen LogP contribution in [0.4, 0.5) is 11.5 Å². The predicted molar refractivity (Wildman–Crippen MR) is 115 cm³/mol. The number of hydrogen-bond donors (Lipinski definition) is 1. The summed E-state index contributed by atoms with van der Waals surface area (Å²) in [6.45, 7) is 5.39. The molecule has 0 spiro atoms. The zero-order chi connectivity index (χ0) is 21.5. The summed E-state index contributed by atoms with van der Waals surface area (Å²) in [5.74, 6) is 1.09. The van der Waals surface area contributed by atoms with Crippen LogP contribution in [0.25, 0.3) is 0 Å². The molecule has 4 heterocycles. The van der Waals surface area contributed by atoms with E-state index in [0.717, 1.165) is 17.7 Å². The van der Waals surface area contributed by atoms with Crippen LogP contribution in [0.2, 0.25) is 0 Å². The molecule has 0 saturated carbocycles. The molecule has 2 aromatic heterocycles. The molecule has 158 valence electrons. The Hall–Kier alpha value is -3.68. The van der Waals surface area contributed by atoms with E-state index < -0.39 is 0 Å². The second-order valence-corrected chi connectivity index (χ2v) is 7.97. The van der Waals surface area contributed by atoms with Gasteiger partial charge in [-0.25, -0.2) is 4.98 Å². The number of hydrogen-bond acceptors (Lipinski definition) is 6. The molecule has 3 aromatic rings. The molecule has 0 radical (unpaired) electrons. The number of rotatable bonds is 3. The average molecular weight is 417 g/mol. The van der Waals surface area contributed by atoms with Crippen molar-refractivity contribution in [2.24, 2.45) is 0 Å². The van der Waals surface area contributed by atoms with E-state index in [4.69, 9.17) is 4.52 Å². The lowest BCUT2D eigenvalue weighted by atomic mass is 9.99. The first-order valence-corrected chi connectivity index (χ1v) is 10.3. The van der Waals surface area contributed by atoms with E-state index in [1.807, 2.05) is 30.9 Å². The van der Waals surface area contributed by atoms with Crippen LogP contribution >= 0.6 is 0 Å². The maximum atomic E-state index is 13.2. The van der Waals surface area contributed by atoms with Gasteiger partial charge >= 0.3 is 0 Å². The molecule has 2 aliphatic rings. The van der Waals surface area contributed by atoms with E-state index >= 15 is 0 Å². The number of benzene rings is 1. The SMILES string of the molecule is Cc1noc(C)c1CN1C(=O)CNc2ncc(C(=O)N3CCc4ccccc4C3)cc21. The number of amides is 2. The number of anilines is 2. The second kappa shape index (κ2) is 7.54. The number of aromatic nitrogens is 2. The molecule has 0 unspecified atom stereocenters. The van der Waals surface area contributed by atoms with E-state index in [9.17, 15) is 9.59 Å². The van der Waals surface area contributed by atoms with Crippen molar-refractivity contribution >= 4 is 23.3 Å². The maximum absolute atomic E-state index is 13.2. The van der Waals surface area contributed by atoms with Crippen molar-refractivity contribution in [3.63, 3.8) is 0 Å². The lowest BCUT2D eigenvalue weighted by Gasteiger charge is -2.31. The van der Waals surface area contributed by atoms with Gasteiger partial charge in [0.15, 0.2) is 5.82 Å². The second-order valence-electron chi connectivity index (χ2n) is 7.97. The van der Waals surface area contributed by atoms with Gasteiger partial charge in [-0.2, -0.15) is 0 Å². The first kappa shape index (κ1) is 19.3. The lowest BCUT2D eigenvalue weighted by Crippen LogP contribution is -2.40. The third-order valence-electron chi connectivity index (χ3n) is 6.03. The number of carbonyl (C=O) groups is 2. The molecule has 0 fully saturated rings. The summed E-state index contributed by atoms with van der Waals surface area (Å²) in [4.78, 5) is 33.9. The monoisotopic (exact) mass is 417 g/mol. The van der Waals surface area contributed by atoms with Crippen LogP contribution < -0.4 is 10.2 Å². The van der Waals surface area contributed by atoms with Gasteiger partial charge in [0, 0.05) is 24.8 Å². The Morgan fingerprint density at radius 2 is 2.03 bits per heavy atom. The van der Waals surface area contributed by atoms with Crippen molar-refractivity contribution in [1.29, 1.82) is 0 Å². The Bertz CT molecular complexity index is 1170. The molecule has 31 heavy (non-hydrogen) atoms. The third-order valence-corrected chi connectivity index (χ3v) is 6.03. The lowest BCUT2D eigenvalue weighted by molar-refractivity contribution is -0.117. The van der Waals surface area contributed by atoms with E-state index in [-0.39, 0.29) is 18.4 Å². The maximum Gasteiger partial charge on any atom is 0.255 e. The summed E-state index contributed by atoms with van der Waals surface area (Å²) < 4.78 is 5.25. The molecule has 2 aliphatic heterocycles. The molecule has 0 atom stereocenters. The molecule has 0 bridgehead atoms. The molecule has 5 rings (SSSR count). The summed E-state index contributed by atoms with van der Waals surface area (Å²) >= 11 is 0. The van der Waals surface area contributed by atoms with Crippen molar-refractivity contribution in [1.82, 2.24) is 15.0 Å². The number of pyridine rings is 1. The van der Waals surface area contributed by atoms with Crippen molar-refractivity contribution in [2.45, 2.75) is 33.4 Å². The minimum absolute atomic E-state index is 0.0832. The van der Waals surface area contributed by atoms with Crippen molar-refractivity contribution in [2.75, 3.05) is 23.3 Å². The fourth-order valence-electron chi connectivity index (χ4n) is 4.21. The average Bonchev–Trinajstić information content (AvgIpc) is 3.11. The normalized spacial score (nSPS) is 15.4. The van der Waals surface area contributed by atoms with E-state index in [2.05, 4.69) is 27.6 Å². The highest BCUT2D eigenvalue weighted by molar-refractivity contribution is 6.04. The third kappa shape index (κ3) is 3.43. The van der Waals surface area contributed by atoms with E-state index in [1.54, 1.807) is 17.2 Å². The molecule has 2 amide bonds. The van der Waals surface area contributed by atoms with Crippen LogP contribution in [0.1, 0.15) is 38.5 Å². The van der Waals surface area contributed by atoms with Crippen LogP contribution in [0.3, 0.4) is 0 Å². The highest BCUT2D eigenvalue weighted by Crippen LogP contribution is 2.31. The standard InChI is InChI=1S/C23H23N5O3/c1-14-19(15(2)31-26-14)13-28-20-9-18(10-24-22(20)25-11-21(28)29)23(30)27-8-7-16-5-3-4-6-17(16)12-27/h3-6,9-10H,7-8,11-13H2,1-2H3,(H,24,25). The number of nitrogens with zero attached hydrogens (tertiary/aromatic N) is 4. The Morgan fingerprint density at radius 3 is 2.81 bits per heavy atom. The van der Waals surface area contributed by atoms with Crippen LogP contribution in [-0.4, -0.2) is 39.9 Å². The fourth-order valence-corrected chi connectivity index (χ4v) is 4.21. The van der Waals surface area contributed by atoms with E-state index in [0.29, 0.717) is 42.5 Å². The van der Waals surface area contributed by atoms with Crippen molar-refractivity contribution < 1.29 is 14.1 Å². The minimum Gasteiger partial charge on any atom is -0.361 e. The van der Waals surface area contributed by atoms with Crippen LogP contribution in [0.15, 0.2) is 41.1 Å². The van der Waals surface area contributed by atoms with Crippen LogP contribution in [-0.2, 0) is 24.3 Å². The summed E-state index contributed by atoms with van der Waals surface area (Å²) in [7, 11) is 0. The molecular formula is C23H23N5O3. The number of nitrogens with one attached hydrogen (secondary N) is 1. The van der Waals surface area contributed by atoms with Gasteiger partial charge in [-0.05, 0) is 37.5 Å². The topological polar surface area (TPSA) is 91.6 Å². The number of aryl methyl sites for hydroxylation is 2. The molecule has 8 heteroatoms. The van der Waals surface area contributed by atoms with E-state index in [1.165, 1.54) is 11.1 Å².